The van der Waals surface area contributed by atoms with Gasteiger partial charge in [0.2, 0.25) is 0 Å². The van der Waals surface area contributed by atoms with Gasteiger partial charge in [-0.2, -0.15) is 0 Å². The van der Waals surface area contributed by atoms with Gasteiger partial charge in [-0.05, 0) is 18.2 Å². The van der Waals surface area contributed by atoms with Gasteiger partial charge in [-0.1, -0.05) is 18.2 Å². The summed E-state index contributed by atoms with van der Waals surface area (Å²) in [6, 6.07) is 7.15. The van der Waals surface area contributed by atoms with Crippen molar-refractivity contribution in [2.45, 2.75) is 6.30 Å². The first-order valence-corrected chi connectivity index (χ1v) is 6.86. The van der Waals surface area contributed by atoms with E-state index >= 15 is 0 Å². The molecule has 0 aromatic heterocycles. The van der Waals surface area contributed by atoms with Gasteiger partial charge < -0.3 is 10.4 Å². The number of hydrogen-bond acceptors (Lipinski definition) is 4. The van der Waals surface area contributed by atoms with E-state index in [-0.39, 0.29) is 5.69 Å². The molecule has 136 valence electrons. The van der Waals surface area contributed by atoms with Crippen LogP contribution in [0.15, 0.2) is 48.5 Å². The van der Waals surface area contributed by atoms with Gasteiger partial charge in [0, 0.05) is 17.8 Å². The quantitative estimate of drug-likeness (QED) is 0.483. The smallest absolute Gasteiger partial charge is 0.478 e. The number of carboxylic acids is 1. The number of nitro groups is 1. The number of nitrogens with one attached hydrogen (secondary N) is 1. The Balaban J connectivity index is 2.56. The van der Waals surface area contributed by atoms with Gasteiger partial charge in [0.05, 0.1) is 16.2 Å². The molecule has 2 aromatic rings. The molecule has 0 fully saturated rings. The molecule has 26 heavy (non-hydrogen) atoms. The highest BCUT2D eigenvalue weighted by Gasteiger charge is 2.44. The van der Waals surface area contributed by atoms with Crippen LogP contribution in [-0.2, 0) is 0 Å². The highest BCUT2D eigenvalue weighted by molar-refractivity contribution is 6.07. The first-order valence-electron chi connectivity index (χ1n) is 6.86. The van der Waals surface area contributed by atoms with Crippen molar-refractivity contribution in [1.82, 2.24) is 0 Å². The minimum atomic E-state index is -5.34. The zero-order valence-corrected chi connectivity index (χ0v) is 12.7. The van der Waals surface area contributed by atoms with Crippen LogP contribution >= 0.6 is 0 Å². The average Bonchev–Trinajstić information content (AvgIpc) is 2.54. The Hall–Kier alpha value is -3.63. The summed E-state index contributed by atoms with van der Waals surface area (Å²) in [5.41, 5.74) is -2.87. The van der Waals surface area contributed by atoms with Gasteiger partial charge in [-0.25, -0.2) is 14.5 Å². The second-order valence-electron chi connectivity index (χ2n) is 4.86. The molecule has 0 aliphatic rings. The van der Waals surface area contributed by atoms with E-state index in [1.165, 1.54) is 24.3 Å². The first-order chi connectivity index (χ1) is 12.1. The molecule has 2 rings (SSSR count). The van der Waals surface area contributed by atoms with Gasteiger partial charge >= 0.3 is 18.3 Å². The van der Waals surface area contributed by atoms with Crippen LogP contribution in [0, 0.1) is 10.1 Å². The molecule has 0 unspecified atom stereocenters. The summed E-state index contributed by atoms with van der Waals surface area (Å²) in [5, 5.41) is 21.9. The molecule has 0 spiro atoms. The second-order valence-corrected chi connectivity index (χ2v) is 4.86. The molecule has 11 heteroatoms. The Labute approximate surface area is 143 Å². The van der Waals surface area contributed by atoms with Crippen LogP contribution in [0.5, 0.6) is 0 Å². The number of carboxylic acid groups (broad SMARTS) is 1. The molecule has 8 nitrogen and oxygen atoms in total. The third-order valence-electron chi connectivity index (χ3n) is 3.15. The van der Waals surface area contributed by atoms with Gasteiger partial charge in [0.25, 0.3) is 5.69 Å². The largest absolute Gasteiger partial charge is 0.493 e. The monoisotopic (exact) mass is 369 g/mol. The lowest BCUT2D eigenvalue weighted by molar-refractivity contribution is -0.384. The number of carbonyl (C=O) groups excluding carboxylic acids is 1. The highest BCUT2D eigenvalue weighted by atomic mass is 19.4. The summed E-state index contributed by atoms with van der Waals surface area (Å²) in [7, 11) is 0. The third-order valence-corrected chi connectivity index (χ3v) is 3.15. The number of para-hydroxylation sites is 1. The Morgan fingerprint density at radius 1 is 1.12 bits per heavy atom. The summed E-state index contributed by atoms with van der Waals surface area (Å²) in [5.74, 6) is -1.78. The lowest BCUT2D eigenvalue weighted by Crippen LogP contribution is -2.46. The SMILES string of the molecule is O=C(O)c1ccc([N+](=O)[O-])cc1N(C(=O)Nc1ccccc1)C(F)(F)F. The Bertz CT molecular complexity index is 855. The van der Waals surface area contributed by atoms with Gasteiger partial charge in [-0.15, -0.1) is 13.2 Å². The number of carbonyl (C=O) groups is 2. The predicted molar refractivity (Wildman–Crippen MR) is 84.1 cm³/mol. The fraction of sp³-hybridized carbons (Fsp3) is 0.0667. The van der Waals surface area contributed by atoms with E-state index in [1.807, 2.05) is 5.32 Å². The molecule has 0 saturated carbocycles. The molecule has 0 radical (unpaired) electrons. The fourth-order valence-electron chi connectivity index (χ4n) is 2.06. The second kappa shape index (κ2) is 7.09. The van der Waals surface area contributed by atoms with Crippen molar-refractivity contribution in [3.05, 3.63) is 64.2 Å². The van der Waals surface area contributed by atoms with E-state index < -0.39 is 45.1 Å². The van der Waals surface area contributed by atoms with Gasteiger partial charge in [0.1, 0.15) is 0 Å². The number of alkyl halides is 3. The first kappa shape index (κ1) is 18.7. The molecule has 2 N–H and O–H groups in total. The lowest BCUT2D eigenvalue weighted by Gasteiger charge is -2.26. The lowest BCUT2D eigenvalue weighted by atomic mass is 10.1. The molecular weight excluding hydrogens is 359 g/mol. The molecule has 2 aromatic carbocycles. The summed E-state index contributed by atoms with van der Waals surface area (Å²) in [4.78, 5) is 32.4. The maximum Gasteiger partial charge on any atom is 0.493 e. The van der Waals surface area contributed by atoms with Gasteiger partial charge in [-0.3, -0.25) is 10.1 Å². The van der Waals surface area contributed by atoms with E-state index in [2.05, 4.69) is 0 Å². The number of benzene rings is 2. The van der Waals surface area contributed by atoms with E-state index in [1.54, 1.807) is 6.07 Å². The van der Waals surface area contributed by atoms with Crippen LogP contribution in [0.2, 0.25) is 0 Å². The Morgan fingerprint density at radius 3 is 2.23 bits per heavy atom. The van der Waals surface area contributed by atoms with Crippen molar-refractivity contribution in [1.29, 1.82) is 0 Å². The summed E-state index contributed by atoms with van der Waals surface area (Å²) >= 11 is 0. The van der Waals surface area contributed by atoms with E-state index in [0.29, 0.717) is 12.1 Å². The minimum absolute atomic E-state index is 0.0223. The van der Waals surface area contributed by atoms with E-state index in [4.69, 9.17) is 5.11 Å². The van der Waals surface area contributed by atoms with Crippen molar-refractivity contribution in [2.24, 2.45) is 0 Å². The van der Waals surface area contributed by atoms with Crippen molar-refractivity contribution in [3.63, 3.8) is 0 Å². The minimum Gasteiger partial charge on any atom is -0.478 e. The van der Waals surface area contributed by atoms with Crippen LogP contribution in [0.1, 0.15) is 10.4 Å². The molecule has 0 atom stereocenters. The van der Waals surface area contributed by atoms with Crippen LogP contribution in [-0.4, -0.2) is 28.3 Å². The van der Waals surface area contributed by atoms with Crippen LogP contribution in [0.25, 0.3) is 0 Å². The number of nitro benzene ring substituents is 1. The standard InChI is InChI=1S/C15H10F3N3O5/c16-15(17,18)20(14(24)19-9-4-2-1-3-5-9)12-8-10(21(25)26)6-7-11(12)13(22)23/h1-8H,(H,19,24)(H,22,23). The number of rotatable bonds is 4. The summed E-state index contributed by atoms with van der Waals surface area (Å²) < 4.78 is 40.3. The predicted octanol–water partition coefficient (Wildman–Crippen LogP) is 3.85. The van der Waals surface area contributed by atoms with Crippen molar-refractivity contribution < 1.29 is 32.8 Å². The third kappa shape index (κ3) is 4.06. The number of anilines is 2. The fourth-order valence-corrected chi connectivity index (χ4v) is 2.06. The van der Waals surface area contributed by atoms with Crippen molar-refractivity contribution >= 4 is 29.1 Å². The number of hydrogen-bond donors (Lipinski definition) is 2. The zero-order chi connectivity index (χ0) is 19.5. The number of halogens is 3. The maximum absolute atomic E-state index is 13.4. The van der Waals surface area contributed by atoms with Crippen LogP contribution in [0.4, 0.5) is 35.0 Å². The molecule has 0 aliphatic heterocycles. The number of amides is 2. The molecule has 2 amide bonds. The number of urea groups is 1. The number of aromatic carboxylic acids is 1. The maximum atomic E-state index is 13.4. The van der Waals surface area contributed by atoms with Crippen LogP contribution in [0.3, 0.4) is 0 Å². The van der Waals surface area contributed by atoms with E-state index in [0.717, 1.165) is 6.07 Å². The molecular formula is C15H10F3N3O5. The van der Waals surface area contributed by atoms with Gasteiger partial charge in [0.15, 0.2) is 0 Å². The molecule has 0 heterocycles. The Morgan fingerprint density at radius 2 is 1.73 bits per heavy atom. The number of nitrogens with zero attached hydrogens (tertiary/aromatic N) is 2. The average molecular weight is 369 g/mol. The highest BCUT2D eigenvalue weighted by Crippen LogP contribution is 2.34. The molecule has 0 aliphatic carbocycles. The summed E-state index contributed by atoms with van der Waals surface area (Å²) in [6.07, 6.45) is -5.34. The number of non-ortho nitro benzene ring substituents is 1. The zero-order valence-electron chi connectivity index (χ0n) is 12.7. The normalized spacial score (nSPS) is 10.9. The van der Waals surface area contributed by atoms with Crippen molar-refractivity contribution in [2.75, 3.05) is 10.2 Å². The van der Waals surface area contributed by atoms with Crippen LogP contribution < -0.4 is 10.2 Å². The summed E-state index contributed by atoms with van der Waals surface area (Å²) in [6.45, 7) is 0. The molecule has 0 bridgehead atoms. The van der Waals surface area contributed by atoms with E-state index in [9.17, 15) is 32.9 Å². The Kier molecular flexibility index (Phi) is 5.10. The topological polar surface area (TPSA) is 113 Å². The molecule has 0 saturated heterocycles. The van der Waals surface area contributed by atoms with Crippen molar-refractivity contribution in [3.8, 4) is 0 Å².